The van der Waals surface area contributed by atoms with Crippen LogP contribution in [0, 0.1) is 0 Å². The van der Waals surface area contributed by atoms with Gasteiger partial charge in [-0.25, -0.2) is 18.9 Å². The molecule has 0 aliphatic heterocycles. The number of rotatable bonds is 32. The summed E-state index contributed by atoms with van der Waals surface area (Å²) in [6, 6.07) is 13.9. The van der Waals surface area contributed by atoms with Gasteiger partial charge in [0, 0.05) is 0 Å². The Morgan fingerprint density at radius 2 is 0.584 bits per heavy atom. The SMILES string of the molecule is OC(CCC(OC(CCC(O)COCC(F)(F)OC(F)(F)C(F)(F)OC(F)(F)C(F)(F)C(F)(F)C(F)(F)F)c1ccccc1)c1ccccc1)COCC(F)(F)OC(F)(F)C(F)(F)OC(F)(F)C(F)(F)C(F)(F)C(F)(F)F. The molecule has 0 saturated heterocycles. The summed E-state index contributed by atoms with van der Waals surface area (Å²) in [5.74, 6) is -32.1. The van der Waals surface area contributed by atoms with Crippen molar-refractivity contribution in [1.82, 2.24) is 0 Å². The van der Waals surface area contributed by atoms with Crippen LogP contribution in [-0.2, 0) is 33.2 Å². The van der Waals surface area contributed by atoms with Gasteiger partial charge in [-0.3, -0.25) is 0 Å². The minimum atomic E-state index is -8.09. The number of halogens is 30. The van der Waals surface area contributed by atoms with E-state index in [1.807, 2.05) is 0 Å². The molecular formula is C38H32F30O9. The standard InChI is InChI=1S/C38H32F30O9/c39-25(40,74-35(61,62)37(65,66)76-33(57,58)29(47,48)27(43,44)31(51,52)53)17-71-15-21(69)11-13-23(19-7-3-1-4-8-19)73-24(20-9-5-2-6-10-20)14-12-22(70)16-72-18-26(41,42)75-36(63,64)38(67,68)77-34(59,60)30(49,50)28(45,46)32(54,55)56/h1-10,21-24,69-70H,11-18H2. The van der Waals surface area contributed by atoms with Crippen LogP contribution in [0.2, 0.25) is 0 Å². The molecule has 448 valence electrons. The van der Waals surface area contributed by atoms with Gasteiger partial charge in [-0.15, -0.1) is 0 Å². The summed E-state index contributed by atoms with van der Waals surface area (Å²) >= 11 is 0. The molecule has 4 atom stereocenters. The van der Waals surface area contributed by atoms with Gasteiger partial charge in [-0.05, 0) is 36.8 Å². The first-order valence-corrected chi connectivity index (χ1v) is 20.0. The van der Waals surface area contributed by atoms with E-state index in [4.69, 9.17) is 4.74 Å². The molecule has 77 heavy (non-hydrogen) atoms. The van der Waals surface area contributed by atoms with Crippen molar-refractivity contribution in [3.63, 3.8) is 0 Å². The number of aliphatic hydroxyl groups excluding tert-OH is 2. The van der Waals surface area contributed by atoms with Crippen LogP contribution in [0.3, 0.4) is 0 Å². The lowest BCUT2D eigenvalue weighted by molar-refractivity contribution is -0.543. The largest absolute Gasteiger partial charge is 0.460 e. The second-order valence-electron chi connectivity index (χ2n) is 15.5. The molecule has 0 aliphatic rings. The Morgan fingerprint density at radius 3 is 0.844 bits per heavy atom. The van der Waals surface area contributed by atoms with E-state index in [2.05, 4.69) is 18.9 Å². The van der Waals surface area contributed by atoms with Crippen LogP contribution in [0.15, 0.2) is 60.7 Å². The van der Waals surface area contributed by atoms with E-state index in [1.165, 1.54) is 70.1 Å². The van der Waals surface area contributed by atoms with Crippen LogP contribution in [0.25, 0.3) is 0 Å². The lowest BCUT2D eigenvalue weighted by atomic mass is 9.99. The fourth-order valence-corrected chi connectivity index (χ4v) is 5.49. The first kappa shape index (κ1) is 69.1. The number of aliphatic hydroxyl groups is 2. The first-order chi connectivity index (χ1) is 34.3. The molecule has 0 fully saturated rings. The smallest absolute Gasteiger partial charge is 0.391 e. The normalized spacial score (nSPS) is 16.6. The first-order valence-electron chi connectivity index (χ1n) is 20.0. The molecule has 2 aromatic carbocycles. The van der Waals surface area contributed by atoms with E-state index < -0.39 is 161 Å². The summed E-state index contributed by atoms with van der Waals surface area (Å²) in [6.45, 7) is -8.15. The molecular weight excluding hydrogens is 1170 g/mol. The minimum Gasteiger partial charge on any atom is -0.391 e. The number of alkyl halides is 30. The Hall–Kier alpha value is -4.02. The second kappa shape index (κ2) is 24.0. The van der Waals surface area contributed by atoms with Gasteiger partial charge < -0.3 is 24.4 Å². The Balaban J connectivity index is 2.12. The molecule has 39 heteroatoms. The van der Waals surface area contributed by atoms with Crippen molar-refractivity contribution >= 4 is 0 Å². The van der Waals surface area contributed by atoms with Gasteiger partial charge in [-0.2, -0.15) is 132 Å². The van der Waals surface area contributed by atoms with Crippen molar-refractivity contribution in [1.29, 1.82) is 0 Å². The maximum absolute atomic E-state index is 14.1. The highest BCUT2D eigenvalue weighted by molar-refractivity contribution is 5.20. The van der Waals surface area contributed by atoms with Gasteiger partial charge in [0.05, 0.1) is 37.6 Å². The van der Waals surface area contributed by atoms with E-state index >= 15 is 0 Å². The van der Waals surface area contributed by atoms with Crippen LogP contribution in [-0.4, -0.2) is 134 Å². The third kappa shape index (κ3) is 17.0. The molecule has 0 aromatic heterocycles. The van der Waals surface area contributed by atoms with Crippen LogP contribution in [0.5, 0.6) is 0 Å². The zero-order valence-electron chi connectivity index (χ0n) is 36.8. The number of benzene rings is 2. The van der Waals surface area contributed by atoms with E-state index in [1.54, 1.807) is 0 Å². The van der Waals surface area contributed by atoms with E-state index in [-0.39, 0.29) is 11.1 Å². The number of hydrogen-bond donors (Lipinski definition) is 2. The lowest BCUT2D eigenvalue weighted by Crippen LogP contribution is -2.64. The Morgan fingerprint density at radius 1 is 0.325 bits per heavy atom. The predicted molar refractivity (Wildman–Crippen MR) is 187 cm³/mol. The zero-order chi connectivity index (χ0) is 60.1. The maximum Gasteiger partial charge on any atom is 0.460 e. The van der Waals surface area contributed by atoms with Gasteiger partial charge in [-0.1, -0.05) is 60.7 Å². The summed E-state index contributed by atoms with van der Waals surface area (Å²) in [4.78, 5) is 0. The van der Waals surface area contributed by atoms with Crippen molar-refractivity contribution in [2.45, 2.75) is 135 Å². The van der Waals surface area contributed by atoms with E-state index in [0.29, 0.717) is 0 Å². The highest BCUT2D eigenvalue weighted by atomic mass is 19.4. The lowest BCUT2D eigenvalue weighted by Gasteiger charge is -2.36. The molecule has 9 nitrogen and oxygen atoms in total. The van der Waals surface area contributed by atoms with E-state index in [0.717, 1.165) is 0 Å². The summed E-state index contributed by atoms with van der Waals surface area (Å²) in [6.07, 6.45) is -81.2. The fourth-order valence-electron chi connectivity index (χ4n) is 5.49. The van der Waals surface area contributed by atoms with Gasteiger partial charge in [0.15, 0.2) is 0 Å². The van der Waals surface area contributed by atoms with Crippen molar-refractivity contribution in [3.05, 3.63) is 71.8 Å². The second-order valence-corrected chi connectivity index (χ2v) is 15.5. The van der Waals surface area contributed by atoms with Crippen molar-refractivity contribution in [2.24, 2.45) is 0 Å². The minimum absolute atomic E-state index is 0.202. The number of hydrogen-bond acceptors (Lipinski definition) is 9. The quantitative estimate of drug-likeness (QED) is 0.0693. The Bertz CT molecular complexity index is 1980. The van der Waals surface area contributed by atoms with Gasteiger partial charge in [0.2, 0.25) is 0 Å². The summed E-state index contributed by atoms with van der Waals surface area (Å²) in [7, 11) is 0. The van der Waals surface area contributed by atoms with Gasteiger partial charge >= 0.3 is 84.9 Å². The molecule has 0 saturated carbocycles. The van der Waals surface area contributed by atoms with E-state index in [9.17, 15) is 142 Å². The summed E-state index contributed by atoms with van der Waals surface area (Å²) in [5, 5.41) is 20.7. The topological polar surface area (TPSA) is 105 Å². The molecule has 0 radical (unpaired) electrons. The molecule has 2 N–H and O–H groups in total. The third-order valence-electron chi connectivity index (χ3n) is 9.33. The molecule has 0 bridgehead atoms. The highest BCUT2D eigenvalue weighted by Gasteiger charge is 2.86. The van der Waals surface area contributed by atoms with Crippen LogP contribution in [0.4, 0.5) is 132 Å². The molecule has 2 aromatic rings. The van der Waals surface area contributed by atoms with Gasteiger partial charge in [0.25, 0.3) is 0 Å². The molecule has 0 aliphatic carbocycles. The van der Waals surface area contributed by atoms with Crippen LogP contribution < -0.4 is 0 Å². The van der Waals surface area contributed by atoms with Gasteiger partial charge in [0.1, 0.15) is 13.2 Å². The molecule has 0 amide bonds. The molecule has 2 rings (SSSR count). The number of ether oxygens (including phenoxy) is 7. The Kier molecular flexibility index (Phi) is 21.5. The molecule has 0 heterocycles. The van der Waals surface area contributed by atoms with Crippen molar-refractivity contribution in [2.75, 3.05) is 26.4 Å². The van der Waals surface area contributed by atoms with Crippen molar-refractivity contribution < 1.29 is 175 Å². The zero-order valence-corrected chi connectivity index (χ0v) is 36.8. The average Bonchev–Trinajstić information content (AvgIpc) is 3.24. The predicted octanol–water partition coefficient (Wildman–Crippen LogP) is 13.3. The van der Waals surface area contributed by atoms with Crippen LogP contribution in [0.1, 0.15) is 49.0 Å². The molecule has 0 spiro atoms. The average molecular weight is 1200 g/mol. The summed E-state index contributed by atoms with van der Waals surface area (Å²) < 4.78 is 421. The Labute approximate surface area is 408 Å². The fraction of sp³-hybridized carbons (Fsp3) is 0.684. The summed E-state index contributed by atoms with van der Waals surface area (Å²) in [5.41, 5.74) is 0.404. The molecule has 4 unspecified atom stereocenters. The van der Waals surface area contributed by atoms with Crippen LogP contribution >= 0.6 is 0 Å². The third-order valence-corrected chi connectivity index (χ3v) is 9.33. The monoisotopic (exact) mass is 1200 g/mol. The maximum atomic E-state index is 14.1. The van der Waals surface area contributed by atoms with Crippen molar-refractivity contribution in [3.8, 4) is 0 Å². The highest BCUT2D eigenvalue weighted by Crippen LogP contribution is 2.58.